The number of aryl methyl sites for hydroxylation is 1. The second-order valence-electron chi connectivity index (χ2n) is 4.31. The molecule has 0 saturated carbocycles. The Balaban J connectivity index is 0.00000162. The van der Waals surface area contributed by atoms with E-state index >= 15 is 0 Å². The lowest BCUT2D eigenvalue weighted by Crippen LogP contribution is -2.36. The third-order valence-corrected chi connectivity index (χ3v) is 4.56. The normalized spacial score (nSPS) is 19.5. The molecule has 1 unspecified atom stereocenters. The highest BCUT2D eigenvalue weighted by molar-refractivity contribution is 7.89. The van der Waals surface area contributed by atoms with Crippen LogP contribution >= 0.6 is 12.4 Å². The van der Waals surface area contributed by atoms with Gasteiger partial charge in [-0.25, -0.2) is 13.1 Å². The van der Waals surface area contributed by atoms with Gasteiger partial charge in [-0.05, 0) is 37.1 Å². The topological polar surface area (TPSA) is 58.2 Å². The van der Waals surface area contributed by atoms with Crippen molar-refractivity contribution < 1.29 is 8.42 Å². The Hall–Kier alpha value is -0.620. The SMILES string of the molecule is CCc1ccc(S(=O)(=O)NC2CCNC2)cc1.Cl. The number of hydrogen-bond acceptors (Lipinski definition) is 3. The molecule has 1 aromatic carbocycles. The summed E-state index contributed by atoms with van der Waals surface area (Å²) in [6.07, 6.45) is 1.77. The van der Waals surface area contributed by atoms with Crippen molar-refractivity contribution in [1.29, 1.82) is 0 Å². The van der Waals surface area contributed by atoms with Gasteiger partial charge in [0.1, 0.15) is 0 Å². The molecule has 1 fully saturated rings. The lowest BCUT2D eigenvalue weighted by molar-refractivity contribution is 0.560. The number of hydrogen-bond donors (Lipinski definition) is 2. The molecule has 4 nitrogen and oxygen atoms in total. The summed E-state index contributed by atoms with van der Waals surface area (Å²) in [5.74, 6) is 0. The Morgan fingerprint density at radius 1 is 1.33 bits per heavy atom. The van der Waals surface area contributed by atoms with Gasteiger partial charge < -0.3 is 5.32 Å². The molecule has 0 amide bonds. The number of sulfonamides is 1. The van der Waals surface area contributed by atoms with Crippen LogP contribution in [0.2, 0.25) is 0 Å². The molecule has 102 valence electrons. The highest BCUT2D eigenvalue weighted by Crippen LogP contribution is 2.12. The molecular formula is C12H19ClN2O2S. The zero-order valence-corrected chi connectivity index (χ0v) is 12.0. The van der Waals surface area contributed by atoms with Gasteiger partial charge in [-0.2, -0.15) is 0 Å². The Kier molecular flexibility index (Phi) is 5.59. The Labute approximate surface area is 115 Å². The summed E-state index contributed by atoms with van der Waals surface area (Å²) in [7, 11) is -3.36. The van der Waals surface area contributed by atoms with Crippen molar-refractivity contribution in [1.82, 2.24) is 10.0 Å². The molecule has 0 spiro atoms. The van der Waals surface area contributed by atoms with Crippen molar-refractivity contribution in [3.05, 3.63) is 29.8 Å². The molecule has 1 atom stereocenters. The van der Waals surface area contributed by atoms with E-state index in [4.69, 9.17) is 0 Å². The van der Waals surface area contributed by atoms with E-state index in [0.717, 1.165) is 24.9 Å². The first-order valence-corrected chi connectivity index (χ1v) is 7.42. The second-order valence-corrected chi connectivity index (χ2v) is 6.02. The lowest BCUT2D eigenvalue weighted by atomic mass is 10.2. The number of halogens is 1. The molecule has 1 saturated heterocycles. The van der Waals surface area contributed by atoms with Gasteiger partial charge in [-0.1, -0.05) is 19.1 Å². The molecule has 1 aliphatic rings. The highest BCUT2D eigenvalue weighted by atomic mass is 35.5. The predicted molar refractivity (Wildman–Crippen MR) is 74.7 cm³/mol. The molecule has 0 bridgehead atoms. The van der Waals surface area contributed by atoms with Crippen molar-refractivity contribution in [2.45, 2.75) is 30.7 Å². The molecule has 1 heterocycles. The van der Waals surface area contributed by atoms with E-state index in [1.54, 1.807) is 12.1 Å². The number of nitrogens with one attached hydrogen (secondary N) is 2. The summed E-state index contributed by atoms with van der Waals surface area (Å²) in [5.41, 5.74) is 1.14. The van der Waals surface area contributed by atoms with Crippen molar-refractivity contribution in [2.75, 3.05) is 13.1 Å². The number of rotatable bonds is 4. The molecule has 2 rings (SSSR count). The van der Waals surface area contributed by atoms with Crippen LogP contribution in [-0.4, -0.2) is 27.5 Å². The third kappa shape index (κ3) is 3.68. The third-order valence-electron chi connectivity index (χ3n) is 3.02. The van der Waals surface area contributed by atoms with Gasteiger partial charge in [-0.3, -0.25) is 0 Å². The predicted octanol–water partition coefficient (Wildman–Crippen LogP) is 1.31. The van der Waals surface area contributed by atoms with Gasteiger partial charge in [-0.15, -0.1) is 12.4 Å². The number of benzene rings is 1. The van der Waals surface area contributed by atoms with Gasteiger partial charge in [0, 0.05) is 12.6 Å². The van der Waals surface area contributed by atoms with E-state index in [1.165, 1.54) is 0 Å². The zero-order chi connectivity index (χ0) is 12.3. The van der Waals surface area contributed by atoms with Crippen LogP contribution in [0.4, 0.5) is 0 Å². The van der Waals surface area contributed by atoms with Crippen LogP contribution in [0.1, 0.15) is 18.9 Å². The minimum atomic E-state index is -3.36. The van der Waals surface area contributed by atoms with Gasteiger partial charge in [0.2, 0.25) is 10.0 Å². The summed E-state index contributed by atoms with van der Waals surface area (Å²) >= 11 is 0. The quantitative estimate of drug-likeness (QED) is 0.879. The minimum absolute atomic E-state index is 0. The molecule has 1 aromatic rings. The fourth-order valence-electron chi connectivity index (χ4n) is 1.95. The van der Waals surface area contributed by atoms with E-state index < -0.39 is 10.0 Å². The van der Waals surface area contributed by atoms with E-state index in [1.807, 2.05) is 19.1 Å². The first-order chi connectivity index (χ1) is 8.12. The van der Waals surface area contributed by atoms with Crippen LogP contribution in [-0.2, 0) is 16.4 Å². The van der Waals surface area contributed by atoms with E-state index in [0.29, 0.717) is 11.4 Å². The van der Waals surface area contributed by atoms with Gasteiger partial charge in [0.25, 0.3) is 0 Å². The van der Waals surface area contributed by atoms with Gasteiger partial charge in [0.05, 0.1) is 4.90 Å². The Morgan fingerprint density at radius 3 is 2.50 bits per heavy atom. The van der Waals surface area contributed by atoms with Crippen LogP contribution in [0, 0.1) is 0 Å². The minimum Gasteiger partial charge on any atom is -0.315 e. The van der Waals surface area contributed by atoms with Gasteiger partial charge in [0.15, 0.2) is 0 Å². The summed E-state index contributed by atoms with van der Waals surface area (Å²) in [6, 6.07) is 7.08. The summed E-state index contributed by atoms with van der Waals surface area (Å²) in [4.78, 5) is 0.349. The molecule has 1 aliphatic heterocycles. The van der Waals surface area contributed by atoms with Crippen LogP contribution in [0.3, 0.4) is 0 Å². The monoisotopic (exact) mass is 290 g/mol. The Morgan fingerprint density at radius 2 is 2.00 bits per heavy atom. The summed E-state index contributed by atoms with van der Waals surface area (Å²) < 4.78 is 26.8. The fourth-order valence-corrected chi connectivity index (χ4v) is 3.22. The maximum atomic E-state index is 12.0. The van der Waals surface area contributed by atoms with E-state index in [-0.39, 0.29) is 18.4 Å². The molecule has 0 aliphatic carbocycles. The smallest absolute Gasteiger partial charge is 0.240 e. The van der Waals surface area contributed by atoms with Crippen molar-refractivity contribution in [2.24, 2.45) is 0 Å². The van der Waals surface area contributed by atoms with Crippen LogP contribution in [0.25, 0.3) is 0 Å². The van der Waals surface area contributed by atoms with Crippen molar-refractivity contribution >= 4 is 22.4 Å². The first kappa shape index (κ1) is 15.4. The molecular weight excluding hydrogens is 272 g/mol. The first-order valence-electron chi connectivity index (χ1n) is 5.94. The average Bonchev–Trinajstić information content (AvgIpc) is 2.81. The van der Waals surface area contributed by atoms with Crippen LogP contribution in [0.5, 0.6) is 0 Å². The van der Waals surface area contributed by atoms with Crippen molar-refractivity contribution in [3.63, 3.8) is 0 Å². The standard InChI is InChI=1S/C12H18N2O2S.ClH/c1-2-10-3-5-12(6-4-10)17(15,16)14-11-7-8-13-9-11;/h3-6,11,13-14H,2,7-9H2,1H3;1H. The highest BCUT2D eigenvalue weighted by Gasteiger charge is 2.22. The lowest BCUT2D eigenvalue weighted by Gasteiger charge is -2.12. The van der Waals surface area contributed by atoms with Gasteiger partial charge >= 0.3 is 0 Å². The molecule has 2 N–H and O–H groups in total. The summed E-state index contributed by atoms with van der Waals surface area (Å²) in [6.45, 7) is 3.64. The van der Waals surface area contributed by atoms with Crippen LogP contribution < -0.4 is 10.0 Å². The molecule has 6 heteroatoms. The molecule has 0 aromatic heterocycles. The summed E-state index contributed by atoms with van der Waals surface area (Å²) in [5, 5.41) is 3.14. The Bertz CT molecular complexity index is 467. The fraction of sp³-hybridized carbons (Fsp3) is 0.500. The van der Waals surface area contributed by atoms with Crippen molar-refractivity contribution in [3.8, 4) is 0 Å². The average molecular weight is 291 g/mol. The second kappa shape index (κ2) is 6.52. The maximum absolute atomic E-state index is 12.0. The molecule has 18 heavy (non-hydrogen) atoms. The largest absolute Gasteiger partial charge is 0.315 e. The molecule has 0 radical (unpaired) electrons. The zero-order valence-electron chi connectivity index (χ0n) is 10.3. The van der Waals surface area contributed by atoms with E-state index in [2.05, 4.69) is 10.0 Å². The van der Waals surface area contributed by atoms with E-state index in [9.17, 15) is 8.42 Å². The van der Waals surface area contributed by atoms with Crippen LogP contribution in [0.15, 0.2) is 29.2 Å². The maximum Gasteiger partial charge on any atom is 0.240 e.